The number of anilines is 1. The molecule has 1 aromatic heterocycles. The maximum absolute atomic E-state index is 11.8. The van der Waals surface area contributed by atoms with Gasteiger partial charge in [0, 0.05) is 24.8 Å². The lowest BCUT2D eigenvalue weighted by Crippen LogP contribution is -2.36. The predicted octanol–water partition coefficient (Wildman–Crippen LogP) is -0.0394. The fraction of sp³-hybridized carbons (Fsp3) is 0.500. The maximum atomic E-state index is 11.8. The molecule has 0 aliphatic carbocycles. The van der Waals surface area contributed by atoms with E-state index in [1.807, 2.05) is 0 Å². The minimum atomic E-state index is -3.60. The van der Waals surface area contributed by atoms with Crippen LogP contribution in [0, 0.1) is 5.41 Å². The van der Waals surface area contributed by atoms with Crippen LogP contribution in [-0.2, 0) is 10.0 Å². The van der Waals surface area contributed by atoms with Crippen LogP contribution in [0.1, 0.15) is 13.8 Å². The van der Waals surface area contributed by atoms with Gasteiger partial charge in [-0.25, -0.2) is 18.1 Å². The van der Waals surface area contributed by atoms with Gasteiger partial charge in [-0.3, -0.25) is 0 Å². The van der Waals surface area contributed by atoms with E-state index in [1.165, 1.54) is 18.3 Å². The van der Waals surface area contributed by atoms with E-state index < -0.39 is 15.4 Å². The molecule has 1 aromatic rings. The lowest BCUT2D eigenvalue weighted by Gasteiger charge is -2.21. The van der Waals surface area contributed by atoms with E-state index in [2.05, 4.69) is 9.71 Å². The number of nitrogens with one attached hydrogen (secondary N) is 1. The van der Waals surface area contributed by atoms with Crippen LogP contribution in [-0.4, -0.2) is 31.7 Å². The Morgan fingerprint density at radius 1 is 1.47 bits per heavy atom. The number of hydrogen-bond acceptors (Lipinski definition) is 5. The fourth-order valence-electron chi connectivity index (χ4n) is 0.980. The smallest absolute Gasteiger partial charge is 0.242 e. The number of nitrogen functional groups attached to an aromatic ring is 1. The Bertz CT molecular complexity index is 468. The topological polar surface area (TPSA) is 105 Å². The van der Waals surface area contributed by atoms with Crippen LogP contribution in [0.25, 0.3) is 0 Å². The third-order valence-electron chi connectivity index (χ3n) is 2.24. The zero-order valence-corrected chi connectivity index (χ0v) is 10.7. The Kier molecular flexibility index (Phi) is 4.07. The highest BCUT2D eigenvalue weighted by atomic mass is 32.2. The summed E-state index contributed by atoms with van der Waals surface area (Å²) >= 11 is 0. The summed E-state index contributed by atoms with van der Waals surface area (Å²) in [6.45, 7) is 3.57. The molecule has 17 heavy (non-hydrogen) atoms. The Labute approximate surface area is 101 Å². The number of nitrogens with zero attached hydrogens (tertiary/aromatic N) is 1. The van der Waals surface area contributed by atoms with Crippen molar-refractivity contribution < 1.29 is 13.5 Å². The average Bonchev–Trinajstić information content (AvgIpc) is 2.27. The number of nitrogens with two attached hydrogens (primary N) is 1. The summed E-state index contributed by atoms with van der Waals surface area (Å²) in [6.07, 6.45) is 1.20. The molecule has 96 valence electrons. The summed E-state index contributed by atoms with van der Waals surface area (Å²) in [5.74, 6) is 0.264. The molecule has 0 atom stereocenters. The third-order valence-corrected chi connectivity index (χ3v) is 3.62. The van der Waals surface area contributed by atoms with Crippen molar-refractivity contribution in [2.24, 2.45) is 5.41 Å². The van der Waals surface area contributed by atoms with Crippen LogP contribution < -0.4 is 10.5 Å². The van der Waals surface area contributed by atoms with Crippen molar-refractivity contribution in [3.63, 3.8) is 0 Å². The molecule has 6 nitrogen and oxygen atoms in total. The van der Waals surface area contributed by atoms with Gasteiger partial charge >= 0.3 is 0 Å². The van der Waals surface area contributed by atoms with Crippen molar-refractivity contribution in [3.05, 3.63) is 18.3 Å². The van der Waals surface area contributed by atoms with E-state index in [4.69, 9.17) is 10.8 Å². The summed E-state index contributed by atoms with van der Waals surface area (Å²) in [4.78, 5) is 3.78. The number of aromatic nitrogens is 1. The van der Waals surface area contributed by atoms with Crippen LogP contribution in [0.15, 0.2) is 23.2 Å². The Hall–Kier alpha value is -1.18. The van der Waals surface area contributed by atoms with Crippen molar-refractivity contribution in [1.29, 1.82) is 0 Å². The molecular formula is C10H17N3O3S. The van der Waals surface area contributed by atoms with E-state index in [1.54, 1.807) is 13.8 Å². The fourth-order valence-corrected chi connectivity index (χ4v) is 2.17. The number of rotatable bonds is 5. The van der Waals surface area contributed by atoms with E-state index >= 15 is 0 Å². The molecule has 0 aliphatic rings. The van der Waals surface area contributed by atoms with Crippen LogP contribution in [0.3, 0.4) is 0 Å². The van der Waals surface area contributed by atoms with Gasteiger partial charge in [0.1, 0.15) is 10.7 Å². The highest BCUT2D eigenvalue weighted by Gasteiger charge is 2.21. The van der Waals surface area contributed by atoms with Gasteiger partial charge in [0.2, 0.25) is 10.0 Å². The van der Waals surface area contributed by atoms with Crippen LogP contribution >= 0.6 is 0 Å². The van der Waals surface area contributed by atoms with Gasteiger partial charge in [0.15, 0.2) is 0 Å². The van der Waals surface area contributed by atoms with Crippen molar-refractivity contribution in [1.82, 2.24) is 9.71 Å². The molecule has 7 heteroatoms. The van der Waals surface area contributed by atoms with Gasteiger partial charge in [-0.15, -0.1) is 0 Å². The molecule has 0 fully saturated rings. The molecule has 0 unspecified atom stereocenters. The predicted molar refractivity (Wildman–Crippen MR) is 64.7 cm³/mol. The van der Waals surface area contributed by atoms with E-state index in [-0.39, 0.29) is 23.9 Å². The SMILES string of the molecule is CC(C)(CO)CNS(=O)(=O)c1ccc(N)nc1. The second kappa shape index (κ2) is 4.99. The molecule has 0 spiro atoms. The normalized spacial score (nSPS) is 12.6. The summed E-state index contributed by atoms with van der Waals surface area (Å²) in [6, 6.07) is 2.81. The standard InChI is InChI=1S/C10H17N3O3S/c1-10(2,7-14)6-13-17(15,16)8-3-4-9(11)12-5-8/h3-5,13-14H,6-7H2,1-2H3,(H2,11,12). The summed E-state index contributed by atoms with van der Waals surface area (Å²) in [5.41, 5.74) is 4.87. The van der Waals surface area contributed by atoms with Crippen LogP contribution in [0.2, 0.25) is 0 Å². The zero-order chi connectivity index (χ0) is 13.1. The number of sulfonamides is 1. The van der Waals surface area contributed by atoms with Gasteiger partial charge in [0.25, 0.3) is 0 Å². The van der Waals surface area contributed by atoms with Crippen LogP contribution in [0.4, 0.5) is 5.82 Å². The number of aliphatic hydroxyl groups is 1. The van der Waals surface area contributed by atoms with Crippen LogP contribution in [0.5, 0.6) is 0 Å². The minimum absolute atomic E-state index is 0.0560. The van der Waals surface area contributed by atoms with Gasteiger partial charge in [-0.05, 0) is 12.1 Å². The van der Waals surface area contributed by atoms with E-state index in [9.17, 15) is 8.42 Å². The van der Waals surface area contributed by atoms with Crippen molar-refractivity contribution in [2.75, 3.05) is 18.9 Å². The van der Waals surface area contributed by atoms with Crippen molar-refractivity contribution >= 4 is 15.8 Å². The molecule has 0 aromatic carbocycles. The number of pyridine rings is 1. The summed E-state index contributed by atoms with van der Waals surface area (Å²) < 4.78 is 26.1. The zero-order valence-electron chi connectivity index (χ0n) is 9.84. The summed E-state index contributed by atoms with van der Waals surface area (Å²) in [5, 5.41) is 9.03. The second-order valence-corrected chi connectivity index (χ2v) is 6.33. The lowest BCUT2D eigenvalue weighted by molar-refractivity contribution is 0.163. The molecule has 4 N–H and O–H groups in total. The van der Waals surface area contributed by atoms with Crippen molar-refractivity contribution in [2.45, 2.75) is 18.7 Å². The molecule has 0 amide bonds. The lowest BCUT2D eigenvalue weighted by atomic mass is 9.96. The molecule has 1 rings (SSSR count). The Morgan fingerprint density at radius 3 is 2.59 bits per heavy atom. The largest absolute Gasteiger partial charge is 0.396 e. The molecule has 0 saturated heterocycles. The summed E-state index contributed by atoms with van der Waals surface area (Å²) in [7, 11) is -3.60. The molecular weight excluding hydrogens is 242 g/mol. The Morgan fingerprint density at radius 2 is 2.12 bits per heavy atom. The van der Waals surface area contributed by atoms with Gasteiger partial charge < -0.3 is 10.8 Å². The molecule has 0 bridgehead atoms. The molecule has 0 radical (unpaired) electrons. The van der Waals surface area contributed by atoms with Crippen molar-refractivity contribution in [3.8, 4) is 0 Å². The first-order valence-corrected chi connectivity index (χ1v) is 6.57. The third kappa shape index (κ3) is 3.95. The first-order chi connectivity index (χ1) is 7.77. The first-order valence-electron chi connectivity index (χ1n) is 5.09. The Balaban J connectivity index is 2.79. The minimum Gasteiger partial charge on any atom is -0.396 e. The molecule has 0 saturated carbocycles. The number of aliphatic hydroxyl groups excluding tert-OH is 1. The molecule has 1 heterocycles. The van der Waals surface area contributed by atoms with Gasteiger partial charge in [-0.1, -0.05) is 13.8 Å². The molecule has 0 aliphatic heterocycles. The van der Waals surface area contributed by atoms with Gasteiger partial charge in [-0.2, -0.15) is 0 Å². The van der Waals surface area contributed by atoms with E-state index in [0.717, 1.165) is 0 Å². The maximum Gasteiger partial charge on any atom is 0.242 e. The van der Waals surface area contributed by atoms with E-state index in [0.29, 0.717) is 0 Å². The average molecular weight is 259 g/mol. The monoisotopic (exact) mass is 259 g/mol. The highest BCUT2D eigenvalue weighted by molar-refractivity contribution is 7.89. The second-order valence-electron chi connectivity index (χ2n) is 4.57. The number of hydrogen-bond donors (Lipinski definition) is 3. The van der Waals surface area contributed by atoms with Gasteiger partial charge in [0.05, 0.1) is 0 Å². The first kappa shape index (κ1) is 13.9. The highest BCUT2D eigenvalue weighted by Crippen LogP contribution is 2.14. The quantitative estimate of drug-likeness (QED) is 0.688.